The molecular formula is C29H32CoF9N2O2-. The Bertz CT molecular complexity index is 1190. The molecule has 0 aliphatic heterocycles. The number of aliphatic hydroxyl groups is 1. The number of benzene rings is 2. The fraction of sp³-hybridized carbons (Fsp3) is 0.483. The van der Waals surface area contributed by atoms with Crippen molar-refractivity contribution < 1.29 is 66.5 Å². The van der Waals surface area contributed by atoms with Gasteiger partial charge in [-0.25, -0.2) is 0 Å². The van der Waals surface area contributed by atoms with Crippen LogP contribution in [0.1, 0.15) is 64.6 Å². The molecule has 0 saturated heterocycles. The van der Waals surface area contributed by atoms with E-state index in [1.54, 1.807) is 0 Å². The van der Waals surface area contributed by atoms with Crippen molar-refractivity contribution in [3.63, 3.8) is 0 Å². The second-order valence-electron chi connectivity index (χ2n) is 10.3. The van der Waals surface area contributed by atoms with Crippen LogP contribution in [0.25, 0.3) is 0 Å². The Morgan fingerprint density at radius 1 is 0.698 bits per heavy atom. The van der Waals surface area contributed by atoms with Crippen molar-refractivity contribution in [3.05, 3.63) is 70.1 Å². The van der Waals surface area contributed by atoms with Gasteiger partial charge in [0.05, 0.1) is 12.1 Å². The summed E-state index contributed by atoms with van der Waals surface area (Å²) in [6.07, 6.45) is -12.4. The Balaban J connectivity index is 0.000000526. The molecule has 43 heavy (non-hydrogen) atoms. The Labute approximate surface area is 254 Å². The number of alkyl halides is 9. The van der Waals surface area contributed by atoms with E-state index in [4.69, 9.17) is 15.1 Å². The molecule has 2 aromatic carbocycles. The van der Waals surface area contributed by atoms with Crippen molar-refractivity contribution >= 4 is 12.4 Å². The topological polar surface area (TPSA) is 65.2 Å². The molecule has 1 saturated carbocycles. The Morgan fingerprint density at radius 3 is 1.47 bits per heavy atom. The van der Waals surface area contributed by atoms with Crippen LogP contribution >= 0.6 is 0 Å². The molecule has 1 radical (unpaired) electrons. The van der Waals surface area contributed by atoms with E-state index < -0.39 is 24.1 Å². The van der Waals surface area contributed by atoms with Crippen LogP contribution in [0.15, 0.2) is 34.3 Å². The summed E-state index contributed by atoms with van der Waals surface area (Å²) in [5.74, 6) is 0.321. The van der Waals surface area contributed by atoms with Crippen molar-refractivity contribution in [1.82, 2.24) is 0 Å². The van der Waals surface area contributed by atoms with Gasteiger partial charge >= 0.3 is 24.1 Å². The number of aliphatic imine (C=N–C) groups is 2. The first-order chi connectivity index (χ1) is 19.1. The van der Waals surface area contributed by atoms with Crippen LogP contribution in [0, 0.1) is 34.6 Å². The average molecular weight is 671 g/mol. The van der Waals surface area contributed by atoms with Gasteiger partial charge in [-0.1, -0.05) is 31.4 Å². The number of hydrogen-bond acceptors (Lipinski definition) is 4. The number of rotatable bonds is 4. The maximum atomic E-state index is 11.4. The summed E-state index contributed by atoms with van der Waals surface area (Å²) < 4.78 is 103. The van der Waals surface area contributed by atoms with Gasteiger partial charge in [-0.3, -0.25) is 4.99 Å². The molecular weight excluding hydrogens is 638 g/mol. The minimum Gasteiger partial charge on any atom is -0.507 e. The van der Waals surface area contributed by atoms with Crippen LogP contribution < -0.4 is 0 Å². The van der Waals surface area contributed by atoms with E-state index in [2.05, 4.69) is 32.9 Å². The molecule has 0 amide bonds. The molecule has 1 fully saturated rings. The molecule has 3 rings (SSSR count). The molecule has 1 aliphatic carbocycles. The quantitative estimate of drug-likeness (QED) is 0.197. The second kappa shape index (κ2) is 14.4. The van der Waals surface area contributed by atoms with Gasteiger partial charge in [0.25, 0.3) is 0 Å². The Morgan fingerprint density at radius 2 is 1.07 bits per heavy atom. The zero-order chi connectivity index (χ0) is 32.3. The van der Waals surface area contributed by atoms with Crippen LogP contribution in [0.3, 0.4) is 0 Å². The number of aromatic hydroxyl groups is 1. The molecule has 0 spiro atoms. The number of hydrogen-bond donors (Lipinski definition) is 2. The maximum absolute atomic E-state index is 11.4. The van der Waals surface area contributed by atoms with Gasteiger partial charge in [0.15, 0.2) is 0 Å². The molecule has 0 aromatic heterocycles. The Kier molecular flexibility index (Phi) is 12.8. The van der Waals surface area contributed by atoms with Crippen molar-refractivity contribution in [2.75, 3.05) is 0 Å². The molecule has 14 heteroatoms. The fourth-order valence-electron chi connectivity index (χ4n) is 4.51. The van der Waals surface area contributed by atoms with E-state index in [-0.39, 0.29) is 28.9 Å². The summed E-state index contributed by atoms with van der Waals surface area (Å²) in [4.78, 5) is 9.74. The number of nitrogens with zero attached hydrogens (tertiary/aromatic N) is 2. The molecule has 2 aromatic rings. The van der Waals surface area contributed by atoms with E-state index in [1.807, 2.05) is 38.4 Å². The first-order valence-corrected chi connectivity index (χ1v) is 12.8. The van der Waals surface area contributed by atoms with Crippen molar-refractivity contribution in [1.29, 1.82) is 0 Å². The standard InChI is InChI=1S/C25H31N2O.C4HF9O.Co/c1-16-10-18(3)20(5)21(12-16)14-26-23-8-6-7-9-24(23)27-15-22-13-17(2)11-19(4)25(22)28;5-2(6,7)1(14,3(8,9)10)4(11,12)13;/h10-15,23-24,28H,5-9H2,1-4H3;14H;/q-1;;/t23-,24-;;/m1../s1. The largest absolute Gasteiger partial charge is 0.507 e. The Hall–Kier alpha value is -2.71. The van der Waals surface area contributed by atoms with E-state index in [0.29, 0.717) is 5.75 Å². The van der Waals surface area contributed by atoms with Gasteiger partial charge in [-0.05, 0) is 57.0 Å². The fourth-order valence-corrected chi connectivity index (χ4v) is 4.51. The molecule has 1 aliphatic rings. The predicted octanol–water partition coefficient (Wildman–Crippen LogP) is 8.06. The molecule has 2 N–H and O–H groups in total. The molecule has 4 nitrogen and oxygen atoms in total. The van der Waals surface area contributed by atoms with Crippen LogP contribution in [-0.2, 0) is 16.8 Å². The van der Waals surface area contributed by atoms with Crippen LogP contribution in [0.5, 0.6) is 5.75 Å². The molecule has 243 valence electrons. The SMILES string of the molecule is OC(C(F)(F)F)(C(F)(F)F)C(F)(F)F.[CH2-]c1c(C)cc(C)cc1C=N[C@@H]1CCCC[C@H]1N=Cc1cc(C)cc(C)c1O.[Co]. The summed E-state index contributed by atoms with van der Waals surface area (Å²) in [7, 11) is 0. The smallest absolute Gasteiger partial charge is 0.435 e. The summed E-state index contributed by atoms with van der Waals surface area (Å²) in [5.41, 5.74) is 0.695. The van der Waals surface area contributed by atoms with Gasteiger partial charge in [0.1, 0.15) is 5.75 Å². The number of halogens is 9. The third kappa shape index (κ3) is 9.14. The molecule has 2 atom stereocenters. The van der Waals surface area contributed by atoms with E-state index in [1.165, 1.54) is 24.0 Å². The predicted molar refractivity (Wildman–Crippen MR) is 142 cm³/mol. The summed E-state index contributed by atoms with van der Waals surface area (Å²) in [6, 6.07) is 8.61. The van der Waals surface area contributed by atoms with Gasteiger partial charge in [0.2, 0.25) is 0 Å². The third-order valence-electron chi connectivity index (χ3n) is 6.86. The van der Waals surface area contributed by atoms with Crippen LogP contribution in [0.4, 0.5) is 39.5 Å². The number of aryl methyl sites for hydroxylation is 4. The van der Waals surface area contributed by atoms with Crippen molar-refractivity contribution in [2.24, 2.45) is 9.98 Å². The van der Waals surface area contributed by atoms with E-state index in [0.717, 1.165) is 40.7 Å². The monoisotopic (exact) mass is 670 g/mol. The normalized spacial score (nSPS) is 18.4. The van der Waals surface area contributed by atoms with E-state index >= 15 is 0 Å². The number of phenolic OH excluding ortho intramolecular Hbond substituents is 1. The van der Waals surface area contributed by atoms with Crippen molar-refractivity contribution in [3.8, 4) is 5.75 Å². The first-order valence-electron chi connectivity index (χ1n) is 12.8. The van der Waals surface area contributed by atoms with E-state index in [9.17, 15) is 44.6 Å². The first kappa shape index (κ1) is 38.3. The molecule has 0 unspecified atom stereocenters. The molecule has 0 heterocycles. The van der Waals surface area contributed by atoms with Crippen molar-refractivity contribution in [2.45, 2.75) is 89.6 Å². The zero-order valence-corrected chi connectivity index (χ0v) is 24.7. The average Bonchev–Trinajstić information content (AvgIpc) is 2.85. The molecule has 0 bridgehead atoms. The van der Waals surface area contributed by atoms with Gasteiger partial charge in [0, 0.05) is 28.6 Å². The summed E-state index contributed by atoms with van der Waals surface area (Å²) in [5, 5.41) is 18.0. The maximum Gasteiger partial charge on any atom is 0.435 e. The van der Waals surface area contributed by atoms with Gasteiger partial charge in [-0.2, -0.15) is 57.6 Å². The minimum atomic E-state index is -6.87. The zero-order valence-electron chi connectivity index (χ0n) is 23.7. The minimum absolute atomic E-state index is 0. The van der Waals surface area contributed by atoms with Gasteiger partial charge in [-0.15, -0.1) is 17.7 Å². The number of phenols is 1. The van der Waals surface area contributed by atoms with Crippen LogP contribution in [0.2, 0.25) is 0 Å². The van der Waals surface area contributed by atoms with Gasteiger partial charge < -0.3 is 15.2 Å². The van der Waals surface area contributed by atoms with Crippen LogP contribution in [-0.4, -0.2) is 58.9 Å². The second-order valence-corrected chi connectivity index (χ2v) is 10.3. The summed E-state index contributed by atoms with van der Waals surface area (Å²) in [6.45, 7) is 12.4. The third-order valence-corrected chi connectivity index (χ3v) is 6.86. The summed E-state index contributed by atoms with van der Waals surface area (Å²) >= 11 is 0.